The number of amides is 1. The van der Waals surface area contributed by atoms with Gasteiger partial charge in [-0.15, -0.1) is 11.3 Å². The fourth-order valence-corrected chi connectivity index (χ4v) is 2.35. The smallest absolute Gasteiger partial charge is 0.262 e. The topological polar surface area (TPSA) is 70.7 Å². The summed E-state index contributed by atoms with van der Waals surface area (Å²) in [4.78, 5) is 13.0. The highest BCUT2D eigenvalue weighted by atomic mass is 32.1. The van der Waals surface area contributed by atoms with Crippen LogP contribution in [0.2, 0.25) is 0 Å². The Bertz CT molecular complexity index is 649. The number of aromatic nitrogens is 2. The Morgan fingerprint density at radius 2 is 2.45 bits per heavy atom. The molecule has 0 aromatic carbocycles. The first-order chi connectivity index (χ1) is 9.74. The predicted molar refractivity (Wildman–Crippen MR) is 77.7 cm³/mol. The molecule has 1 amide bonds. The highest BCUT2D eigenvalue weighted by molar-refractivity contribution is 7.09. The summed E-state index contributed by atoms with van der Waals surface area (Å²) < 4.78 is 1.73. The van der Waals surface area contributed by atoms with Crippen LogP contribution < -0.4 is 5.32 Å². The zero-order chi connectivity index (χ0) is 14.4. The molecule has 5 nitrogen and oxygen atoms in total. The molecule has 0 aliphatic carbocycles. The number of rotatable bonds is 5. The Labute approximate surface area is 121 Å². The summed E-state index contributed by atoms with van der Waals surface area (Å²) in [6.45, 7) is 3.07. The van der Waals surface area contributed by atoms with Gasteiger partial charge in [-0.2, -0.15) is 10.4 Å². The standard InChI is InChI=1S/C14H14N4OS/c1-2-18-12(5-6-17-18)8-11(9-15)14(19)16-10-13-4-3-7-20-13/h3-8H,2,10H2,1H3,(H,16,19). The maximum Gasteiger partial charge on any atom is 0.262 e. The molecule has 0 bridgehead atoms. The van der Waals surface area contributed by atoms with Gasteiger partial charge in [0.05, 0.1) is 12.2 Å². The van der Waals surface area contributed by atoms with E-state index in [9.17, 15) is 4.79 Å². The molecule has 102 valence electrons. The van der Waals surface area contributed by atoms with Crippen LogP contribution in [-0.2, 0) is 17.9 Å². The molecule has 0 unspecified atom stereocenters. The fraction of sp³-hybridized carbons (Fsp3) is 0.214. The van der Waals surface area contributed by atoms with Crippen molar-refractivity contribution in [2.24, 2.45) is 0 Å². The van der Waals surface area contributed by atoms with Gasteiger partial charge in [-0.1, -0.05) is 6.07 Å². The lowest BCUT2D eigenvalue weighted by molar-refractivity contribution is -0.117. The monoisotopic (exact) mass is 286 g/mol. The van der Waals surface area contributed by atoms with Gasteiger partial charge in [-0.05, 0) is 30.5 Å². The van der Waals surface area contributed by atoms with E-state index >= 15 is 0 Å². The molecule has 2 heterocycles. The minimum Gasteiger partial charge on any atom is -0.347 e. The normalized spacial score (nSPS) is 11.1. The summed E-state index contributed by atoms with van der Waals surface area (Å²) in [5, 5.41) is 17.9. The Morgan fingerprint density at radius 3 is 3.10 bits per heavy atom. The lowest BCUT2D eigenvalue weighted by atomic mass is 10.2. The van der Waals surface area contributed by atoms with Crippen molar-refractivity contribution in [3.05, 3.63) is 45.9 Å². The highest BCUT2D eigenvalue weighted by Gasteiger charge is 2.10. The number of nitriles is 1. The van der Waals surface area contributed by atoms with Crippen molar-refractivity contribution >= 4 is 23.3 Å². The molecule has 0 fully saturated rings. The number of hydrogen-bond acceptors (Lipinski definition) is 4. The van der Waals surface area contributed by atoms with E-state index in [0.717, 1.165) is 10.6 Å². The number of thiophene rings is 1. The molecule has 2 aromatic heterocycles. The molecule has 0 saturated carbocycles. The summed E-state index contributed by atoms with van der Waals surface area (Å²) in [5.41, 5.74) is 0.826. The van der Waals surface area contributed by atoms with E-state index in [1.165, 1.54) is 0 Å². The van der Waals surface area contributed by atoms with Gasteiger partial charge < -0.3 is 5.32 Å². The average molecular weight is 286 g/mol. The van der Waals surface area contributed by atoms with Crippen LogP contribution in [0.5, 0.6) is 0 Å². The quantitative estimate of drug-likeness (QED) is 0.676. The molecule has 0 radical (unpaired) electrons. The van der Waals surface area contributed by atoms with Crippen molar-refractivity contribution < 1.29 is 4.79 Å². The van der Waals surface area contributed by atoms with E-state index in [1.807, 2.05) is 30.5 Å². The van der Waals surface area contributed by atoms with E-state index in [4.69, 9.17) is 5.26 Å². The third-order valence-corrected chi connectivity index (χ3v) is 3.59. The lowest BCUT2D eigenvalue weighted by Crippen LogP contribution is -2.23. The van der Waals surface area contributed by atoms with Crippen LogP contribution in [-0.4, -0.2) is 15.7 Å². The van der Waals surface area contributed by atoms with Crippen LogP contribution in [0, 0.1) is 11.3 Å². The van der Waals surface area contributed by atoms with E-state index in [2.05, 4.69) is 10.4 Å². The average Bonchev–Trinajstić information content (AvgIpc) is 3.12. The second-order valence-corrected chi connectivity index (χ2v) is 5.04. The minimum atomic E-state index is -0.371. The molecular formula is C14H14N4OS. The van der Waals surface area contributed by atoms with Crippen molar-refractivity contribution in [2.45, 2.75) is 20.0 Å². The van der Waals surface area contributed by atoms with E-state index in [0.29, 0.717) is 13.1 Å². The Hall–Kier alpha value is -2.39. The van der Waals surface area contributed by atoms with Gasteiger partial charge in [0.25, 0.3) is 5.91 Å². The molecule has 0 atom stereocenters. The fourth-order valence-electron chi connectivity index (χ4n) is 1.70. The summed E-state index contributed by atoms with van der Waals surface area (Å²) in [7, 11) is 0. The maximum absolute atomic E-state index is 12.0. The Morgan fingerprint density at radius 1 is 1.60 bits per heavy atom. The zero-order valence-electron chi connectivity index (χ0n) is 11.0. The van der Waals surface area contributed by atoms with E-state index in [-0.39, 0.29) is 11.5 Å². The molecular weight excluding hydrogens is 272 g/mol. The van der Waals surface area contributed by atoms with Gasteiger partial charge in [-0.25, -0.2) is 0 Å². The van der Waals surface area contributed by atoms with Crippen LogP contribution in [0.15, 0.2) is 35.3 Å². The summed E-state index contributed by atoms with van der Waals surface area (Å²) in [6.07, 6.45) is 3.20. The molecule has 0 spiro atoms. The van der Waals surface area contributed by atoms with Gasteiger partial charge in [0.2, 0.25) is 0 Å². The van der Waals surface area contributed by atoms with E-state index in [1.54, 1.807) is 34.4 Å². The number of nitrogens with zero attached hydrogens (tertiary/aromatic N) is 3. The maximum atomic E-state index is 12.0. The van der Waals surface area contributed by atoms with Gasteiger partial charge >= 0.3 is 0 Å². The Kier molecular flexibility index (Phi) is 4.69. The number of hydrogen-bond donors (Lipinski definition) is 1. The lowest BCUT2D eigenvalue weighted by Gasteiger charge is -2.03. The van der Waals surface area contributed by atoms with Crippen LogP contribution in [0.1, 0.15) is 17.5 Å². The second-order valence-electron chi connectivity index (χ2n) is 4.00. The molecule has 1 N–H and O–H groups in total. The molecule has 20 heavy (non-hydrogen) atoms. The predicted octanol–water partition coefficient (Wildman–Crippen LogP) is 2.19. The van der Waals surface area contributed by atoms with Crippen molar-refractivity contribution in [1.82, 2.24) is 15.1 Å². The molecule has 0 saturated heterocycles. The number of carbonyl (C=O) groups excluding carboxylic acids is 1. The first kappa shape index (κ1) is 14.0. The van der Waals surface area contributed by atoms with Gasteiger partial charge in [0.15, 0.2) is 0 Å². The molecule has 2 rings (SSSR count). The van der Waals surface area contributed by atoms with Gasteiger partial charge in [0.1, 0.15) is 11.6 Å². The molecule has 0 aliphatic heterocycles. The SMILES string of the molecule is CCn1nccc1C=C(C#N)C(=O)NCc1cccs1. The number of carbonyl (C=O) groups is 1. The van der Waals surface area contributed by atoms with Crippen LogP contribution in [0.25, 0.3) is 6.08 Å². The summed E-state index contributed by atoms with van der Waals surface area (Å²) in [5.74, 6) is -0.371. The first-order valence-corrected chi connectivity index (χ1v) is 7.06. The van der Waals surface area contributed by atoms with Gasteiger partial charge in [0, 0.05) is 17.6 Å². The summed E-state index contributed by atoms with van der Waals surface area (Å²) in [6, 6.07) is 7.57. The van der Waals surface area contributed by atoms with Crippen molar-refractivity contribution in [3.8, 4) is 6.07 Å². The van der Waals surface area contributed by atoms with Crippen molar-refractivity contribution in [1.29, 1.82) is 5.26 Å². The summed E-state index contributed by atoms with van der Waals surface area (Å²) >= 11 is 1.56. The third kappa shape index (κ3) is 3.33. The molecule has 6 heteroatoms. The third-order valence-electron chi connectivity index (χ3n) is 2.71. The second kappa shape index (κ2) is 6.68. The first-order valence-electron chi connectivity index (χ1n) is 6.18. The van der Waals surface area contributed by atoms with Crippen molar-refractivity contribution in [2.75, 3.05) is 0 Å². The molecule has 0 aliphatic rings. The van der Waals surface area contributed by atoms with E-state index < -0.39 is 0 Å². The van der Waals surface area contributed by atoms with Crippen LogP contribution in [0.3, 0.4) is 0 Å². The Balaban J connectivity index is 2.08. The largest absolute Gasteiger partial charge is 0.347 e. The van der Waals surface area contributed by atoms with Gasteiger partial charge in [-0.3, -0.25) is 9.48 Å². The van der Waals surface area contributed by atoms with Crippen LogP contribution in [0.4, 0.5) is 0 Å². The number of nitrogens with one attached hydrogen (secondary N) is 1. The molecule has 2 aromatic rings. The zero-order valence-corrected chi connectivity index (χ0v) is 11.9. The van der Waals surface area contributed by atoms with Crippen LogP contribution >= 0.6 is 11.3 Å². The highest BCUT2D eigenvalue weighted by Crippen LogP contribution is 2.09. The minimum absolute atomic E-state index is 0.0803. The van der Waals surface area contributed by atoms with Crippen molar-refractivity contribution in [3.63, 3.8) is 0 Å². The number of aryl methyl sites for hydroxylation is 1.